The minimum absolute atomic E-state index is 0.454. The van der Waals surface area contributed by atoms with Crippen molar-refractivity contribution < 1.29 is 0 Å². The summed E-state index contributed by atoms with van der Waals surface area (Å²) in [6, 6.07) is 17.8. The Hall–Kier alpha value is -3.18. The molecule has 1 aliphatic rings. The summed E-state index contributed by atoms with van der Waals surface area (Å²) in [4.78, 5) is 16.2. The summed E-state index contributed by atoms with van der Waals surface area (Å²) in [6.45, 7) is 1.90. The third-order valence-corrected chi connectivity index (χ3v) is 5.33. The maximum atomic E-state index is 6.54. The minimum Gasteiger partial charge on any atom is -0.381 e. The third-order valence-electron chi connectivity index (χ3n) is 5.04. The lowest BCUT2D eigenvalue weighted by molar-refractivity contribution is 0.610. The van der Waals surface area contributed by atoms with Gasteiger partial charge in [-0.3, -0.25) is 4.98 Å². The molecule has 0 amide bonds. The van der Waals surface area contributed by atoms with Crippen LogP contribution in [0.4, 0.5) is 11.6 Å². The summed E-state index contributed by atoms with van der Waals surface area (Å²) in [5.41, 5.74) is 10.5. The van der Waals surface area contributed by atoms with Gasteiger partial charge in [0.2, 0.25) is 0 Å². The Balaban J connectivity index is 1.77. The van der Waals surface area contributed by atoms with Crippen molar-refractivity contribution in [2.45, 2.75) is 6.42 Å². The molecule has 5 rings (SSSR count). The quantitative estimate of drug-likeness (QED) is 0.546. The van der Waals surface area contributed by atoms with Gasteiger partial charge in [-0.25, -0.2) is 9.97 Å². The molecule has 5 nitrogen and oxygen atoms in total. The molecule has 0 spiro atoms. The highest BCUT2D eigenvalue weighted by molar-refractivity contribution is 6.35. The van der Waals surface area contributed by atoms with Crippen molar-refractivity contribution in [1.82, 2.24) is 15.0 Å². The Bertz CT molecular complexity index is 1170. The average molecular weight is 388 g/mol. The van der Waals surface area contributed by atoms with E-state index in [0.29, 0.717) is 10.8 Å². The van der Waals surface area contributed by atoms with Gasteiger partial charge >= 0.3 is 0 Å². The van der Waals surface area contributed by atoms with Gasteiger partial charge in [-0.1, -0.05) is 48.0 Å². The lowest BCUT2D eigenvalue weighted by atomic mass is 10.0. The predicted molar refractivity (Wildman–Crippen MR) is 114 cm³/mol. The fourth-order valence-electron chi connectivity index (χ4n) is 3.48. The monoisotopic (exact) mass is 387 g/mol. The zero-order valence-corrected chi connectivity index (χ0v) is 15.9. The highest BCUT2D eigenvalue weighted by Gasteiger charge is 2.23. The number of nitrogens with two attached hydrogens (primary N) is 1. The number of hydrogen-bond donors (Lipinski definition) is 1. The molecule has 0 saturated carbocycles. The van der Waals surface area contributed by atoms with Crippen molar-refractivity contribution in [3.8, 4) is 22.5 Å². The molecule has 0 radical (unpaired) electrons. The molecule has 2 aromatic carbocycles. The summed E-state index contributed by atoms with van der Waals surface area (Å²) >= 11 is 6.54. The van der Waals surface area contributed by atoms with E-state index in [1.54, 1.807) is 6.20 Å². The number of hydrogen-bond acceptors (Lipinski definition) is 5. The third kappa shape index (κ3) is 2.84. The van der Waals surface area contributed by atoms with Gasteiger partial charge in [0.05, 0.1) is 21.9 Å². The van der Waals surface area contributed by atoms with Crippen molar-refractivity contribution in [3.05, 3.63) is 65.8 Å². The molecular weight excluding hydrogens is 370 g/mol. The Morgan fingerprint density at radius 1 is 0.893 bits per heavy atom. The van der Waals surface area contributed by atoms with Gasteiger partial charge in [0, 0.05) is 35.8 Å². The first-order chi connectivity index (χ1) is 13.7. The standard InChI is InChI=1S/C22H18ClN5/c23-17-13-16(12-15-8-4-9-25-18(15)17)20-19(14-6-2-1-3-7-14)26-21(24)22(27-20)28-10-5-11-28/h1-4,6-9,12-13H,5,10-11H2,(H2,24,26). The molecule has 4 aromatic rings. The van der Waals surface area contributed by atoms with E-state index in [2.05, 4.69) is 16.0 Å². The van der Waals surface area contributed by atoms with Crippen molar-refractivity contribution in [3.63, 3.8) is 0 Å². The number of nitrogens with zero attached hydrogens (tertiary/aromatic N) is 4. The molecule has 0 aliphatic carbocycles. The number of benzene rings is 2. The van der Waals surface area contributed by atoms with Crippen molar-refractivity contribution in [2.24, 2.45) is 0 Å². The van der Waals surface area contributed by atoms with Gasteiger partial charge in [0.25, 0.3) is 0 Å². The summed E-state index contributed by atoms with van der Waals surface area (Å²) in [6.07, 6.45) is 2.89. The zero-order valence-electron chi connectivity index (χ0n) is 15.1. The van der Waals surface area contributed by atoms with Crippen LogP contribution in [0.25, 0.3) is 33.4 Å². The Kier molecular flexibility index (Phi) is 4.10. The van der Waals surface area contributed by atoms with E-state index in [0.717, 1.165) is 58.7 Å². The van der Waals surface area contributed by atoms with E-state index >= 15 is 0 Å². The van der Waals surface area contributed by atoms with Crippen molar-refractivity contribution >= 4 is 34.1 Å². The molecule has 138 valence electrons. The van der Waals surface area contributed by atoms with Gasteiger partial charge in [-0.05, 0) is 24.6 Å². The summed E-state index contributed by atoms with van der Waals surface area (Å²) < 4.78 is 0. The molecule has 0 atom stereocenters. The Labute approximate surface area is 167 Å². The first-order valence-electron chi connectivity index (χ1n) is 9.23. The van der Waals surface area contributed by atoms with Gasteiger partial charge in [0.1, 0.15) is 0 Å². The lowest BCUT2D eigenvalue weighted by Crippen LogP contribution is -2.38. The summed E-state index contributed by atoms with van der Waals surface area (Å²) in [7, 11) is 0. The fourth-order valence-corrected chi connectivity index (χ4v) is 3.76. The number of fused-ring (bicyclic) bond motifs is 1. The number of halogens is 1. The Morgan fingerprint density at radius 2 is 1.68 bits per heavy atom. The van der Waals surface area contributed by atoms with Crippen molar-refractivity contribution in [2.75, 3.05) is 23.7 Å². The lowest BCUT2D eigenvalue weighted by Gasteiger charge is -2.33. The van der Waals surface area contributed by atoms with Crippen LogP contribution in [0.3, 0.4) is 0 Å². The van der Waals surface area contributed by atoms with E-state index in [1.807, 2.05) is 48.5 Å². The molecule has 3 heterocycles. The number of anilines is 2. The number of rotatable bonds is 3. The smallest absolute Gasteiger partial charge is 0.172 e. The highest BCUT2D eigenvalue weighted by Crippen LogP contribution is 2.37. The van der Waals surface area contributed by atoms with Gasteiger partial charge < -0.3 is 10.6 Å². The van der Waals surface area contributed by atoms with Crippen LogP contribution in [0, 0.1) is 0 Å². The van der Waals surface area contributed by atoms with Crippen LogP contribution < -0.4 is 10.6 Å². The first-order valence-corrected chi connectivity index (χ1v) is 9.61. The molecule has 6 heteroatoms. The van der Waals surface area contributed by atoms with E-state index in [9.17, 15) is 0 Å². The first kappa shape index (κ1) is 17.0. The minimum atomic E-state index is 0.454. The maximum Gasteiger partial charge on any atom is 0.172 e. The van der Waals surface area contributed by atoms with E-state index < -0.39 is 0 Å². The van der Waals surface area contributed by atoms with Crippen LogP contribution in [0.1, 0.15) is 6.42 Å². The van der Waals surface area contributed by atoms with Crippen LogP contribution in [0.5, 0.6) is 0 Å². The second-order valence-corrected chi connectivity index (χ2v) is 7.28. The largest absolute Gasteiger partial charge is 0.381 e. The fraction of sp³-hybridized carbons (Fsp3) is 0.136. The number of nitrogen functional groups attached to an aromatic ring is 1. The van der Waals surface area contributed by atoms with Crippen LogP contribution >= 0.6 is 11.6 Å². The van der Waals surface area contributed by atoms with Crippen LogP contribution in [0.15, 0.2) is 60.8 Å². The highest BCUT2D eigenvalue weighted by atomic mass is 35.5. The van der Waals surface area contributed by atoms with E-state index in [-0.39, 0.29) is 0 Å². The van der Waals surface area contributed by atoms with Gasteiger partial charge in [0.15, 0.2) is 11.6 Å². The second kappa shape index (κ2) is 6.77. The predicted octanol–water partition coefficient (Wildman–Crippen LogP) is 4.80. The average Bonchev–Trinajstić information content (AvgIpc) is 2.68. The number of pyridine rings is 1. The molecule has 1 saturated heterocycles. The summed E-state index contributed by atoms with van der Waals surface area (Å²) in [5.74, 6) is 1.19. The number of aromatic nitrogens is 3. The molecule has 1 fully saturated rings. The zero-order chi connectivity index (χ0) is 19.1. The second-order valence-electron chi connectivity index (χ2n) is 6.87. The maximum absolute atomic E-state index is 6.54. The molecule has 2 N–H and O–H groups in total. The van der Waals surface area contributed by atoms with E-state index in [4.69, 9.17) is 27.3 Å². The Morgan fingerprint density at radius 3 is 2.43 bits per heavy atom. The molecule has 0 bridgehead atoms. The molecular formula is C22H18ClN5. The van der Waals surface area contributed by atoms with Crippen LogP contribution in [-0.4, -0.2) is 28.0 Å². The topological polar surface area (TPSA) is 67.9 Å². The normalized spacial score (nSPS) is 13.5. The van der Waals surface area contributed by atoms with E-state index in [1.165, 1.54) is 0 Å². The molecule has 0 unspecified atom stereocenters. The van der Waals surface area contributed by atoms with Gasteiger partial charge in [-0.2, -0.15) is 0 Å². The van der Waals surface area contributed by atoms with Crippen LogP contribution in [-0.2, 0) is 0 Å². The summed E-state index contributed by atoms with van der Waals surface area (Å²) in [5, 5.41) is 1.56. The van der Waals surface area contributed by atoms with Crippen molar-refractivity contribution in [1.29, 1.82) is 0 Å². The molecule has 1 aliphatic heterocycles. The molecule has 28 heavy (non-hydrogen) atoms. The van der Waals surface area contributed by atoms with Gasteiger partial charge in [-0.15, -0.1) is 0 Å². The van der Waals surface area contributed by atoms with Crippen LogP contribution in [0.2, 0.25) is 5.02 Å². The SMILES string of the molecule is Nc1nc(-c2ccccc2)c(-c2cc(Cl)c3ncccc3c2)nc1N1CCC1. The molecule has 2 aromatic heterocycles.